The first-order valence-corrected chi connectivity index (χ1v) is 3.22. The molecular weight excluding hydrogens is 154 g/mol. The number of hydrogen-bond donors (Lipinski definition) is 0. The molecule has 0 radical (unpaired) electrons. The van der Waals surface area contributed by atoms with E-state index >= 15 is 0 Å². The van der Waals surface area contributed by atoms with Crippen molar-refractivity contribution in [1.29, 1.82) is 0 Å². The first-order valence-electron chi connectivity index (χ1n) is 3.22. The van der Waals surface area contributed by atoms with E-state index in [0.717, 1.165) is 13.2 Å². The van der Waals surface area contributed by atoms with E-state index in [2.05, 4.69) is 19.7 Å². The summed E-state index contributed by atoms with van der Waals surface area (Å²) in [6, 6.07) is 0. The van der Waals surface area contributed by atoms with Crippen LogP contribution in [0.3, 0.4) is 0 Å². The zero-order valence-corrected chi connectivity index (χ0v) is 9.34. The molecule has 1 aliphatic rings. The van der Waals surface area contributed by atoms with Crippen LogP contribution >= 0.6 is 0 Å². The van der Waals surface area contributed by atoms with Crippen LogP contribution in [0.1, 0.15) is 12.8 Å². The normalized spacial score (nSPS) is 10.5. The maximum Gasteiger partial charge on any atom is 1.00 e. The molecule has 1 heterocycles. The van der Waals surface area contributed by atoms with Crippen molar-refractivity contribution in [3.05, 3.63) is 33.4 Å². The van der Waals surface area contributed by atoms with Gasteiger partial charge in [0.2, 0.25) is 0 Å². The van der Waals surface area contributed by atoms with Crippen LogP contribution in [-0.2, 0) is 4.74 Å². The Labute approximate surface area is 107 Å². The van der Waals surface area contributed by atoms with Gasteiger partial charge >= 0.3 is 37.7 Å². The molecule has 0 spiro atoms. The smallest absolute Gasteiger partial charge is 0.878 e. The first kappa shape index (κ1) is 29.2. The molecule has 0 bridgehead atoms. The van der Waals surface area contributed by atoms with Gasteiger partial charge in [0.15, 0.2) is 0 Å². The average molecular weight is 172 g/mol. The van der Waals surface area contributed by atoms with Gasteiger partial charge in [0.1, 0.15) is 0 Å². The van der Waals surface area contributed by atoms with Crippen LogP contribution < -0.4 is 42.8 Å². The van der Waals surface area contributed by atoms with E-state index in [1.165, 1.54) is 12.8 Å². The fraction of sp³-hybridized carbons (Fsp3) is 0.444. The van der Waals surface area contributed by atoms with Crippen molar-refractivity contribution in [3.8, 4) is 0 Å². The number of ether oxygens (including phenoxy) is 1. The molecule has 0 atom stereocenters. The van der Waals surface area contributed by atoms with E-state index in [-0.39, 0.29) is 45.1 Å². The summed E-state index contributed by atoms with van der Waals surface area (Å²) in [5, 5.41) is 8.69. The average Bonchev–Trinajstić information content (AvgIpc) is 2.48. The second-order valence-corrected chi connectivity index (χ2v) is 1.49. The summed E-state index contributed by atoms with van der Waals surface area (Å²) in [6.07, 6.45) is 3.06. The quantitative estimate of drug-likeness (QED) is 0.160. The van der Waals surface area contributed by atoms with E-state index in [9.17, 15) is 0 Å². The van der Waals surface area contributed by atoms with Gasteiger partial charge in [-0.05, 0) is 12.8 Å². The molecule has 1 rings (SSSR count). The van der Waals surface area contributed by atoms with Gasteiger partial charge < -0.3 is 17.3 Å². The third-order valence-corrected chi connectivity index (χ3v) is 0.827. The second-order valence-electron chi connectivity index (χ2n) is 1.49. The van der Waals surface area contributed by atoms with Crippen molar-refractivity contribution in [2.45, 2.75) is 12.8 Å². The number of hydrogen-bond acceptors (Lipinski definition) is 2. The molecule has 1 saturated heterocycles. The standard InChI is InChI=1S/C4H8O.C2H4O.C2H4.CH3.2Li/c1-2-4-5-3-1;1-2-3;1-2;;;/h1-4H2;2-3H,1H2;1-2H2;1H3;;/q;;;-1;2*+1/p-1. The molecule has 13 heavy (non-hydrogen) atoms. The molecular formula is C9H18Li2O2. The van der Waals surface area contributed by atoms with E-state index in [4.69, 9.17) is 9.84 Å². The monoisotopic (exact) mass is 172 g/mol. The second kappa shape index (κ2) is 39.3. The Hall–Kier alpha value is 0.435. The molecule has 0 aromatic carbocycles. The molecule has 0 unspecified atom stereocenters. The fourth-order valence-corrected chi connectivity index (χ4v) is 0.510. The molecule has 4 heteroatoms. The molecule has 0 aromatic heterocycles. The third-order valence-electron chi connectivity index (χ3n) is 0.827. The van der Waals surface area contributed by atoms with Crippen molar-refractivity contribution in [2.24, 2.45) is 0 Å². The molecule has 0 aliphatic carbocycles. The zero-order chi connectivity index (χ0) is 8.24. The van der Waals surface area contributed by atoms with Crippen LogP contribution in [0.25, 0.3) is 0 Å². The van der Waals surface area contributed by atoms with Crippen LogP contribution in [0.2, 0.25) is 0 Å². The van der Waals surface area contributed by atoms with Crippen LogP contribution in [0, 0.1) is 7.43 Å². The first-order chi connectivity index (χ1) is 4.91. The van der Waals surface area contributed by atoms with Gasteiger partial charge in [-0.15, -0.1) is 19.7 Å². The van der Waals surface area contributed by atoms with Gasteiger partial charge in [-0.2, -0.15) is 6.26 Å². The molecule has 1 aliphatic heterocycles. The van der Waals surface area contributed by atoms with Crippen LogP contribution in [-0.4, -0.2) is 13.2 Å². The minimum atomic E-state index is 0. The Morgan fingerprint density at radius 3 is 1.38 bits per heavy atom. The predicted molar refractivity (Wildman–Crippen MR) is 47.9 cm³/mol. The Bertz CT molecular complexity index is 59.0. The maximum atomic E-state index is 8.69. The molecule has 0 aromatic rings. The zero-order valence-electron chi connectivity index (χ0n) is 9.34. The van der Waals surface area contributed by atoms with Crippen LogP contribution in [0.5, 0.6) is 0 Å². The minimum Gasteiger partial charge on any atom is -0.878 e. The van der Waals surface area contributed by atoms with Crippen molar-refractivity contribution in [1.82, 2.24) is 0 Å². The predicted octanol–water partition coefficient (Wildman–Crippen LogP) is -4.45. The van der Waals surface area contributed by atoms with Crippen molar-refractivity contribution >= 4 is 0 Å². The summed E-state index contributed by atoms with van der Waals surface area (Å²) in [5.74, 6) is 0. The summed E-state index contributed by atoms with van der Waals surface area (Å²) in [6.45, 7) is 10.8. The fourth-order valence-electron chi connectivity index (χ4n) is 0.510. The van der Waals surface area contributed by atoms with Gasteiger partial charge in [0.25, 0.3) is 0 Å². The Kier molecular flexibility index (Phi) is 88.2. The Balaban J connectivity index is -0.0000000244. The summed E-state index contributed by atoms with van der Waals surface area (Å²) < 4.78 is 4.94. The Morgan fingerprint density at radius 2 is 1.31 bits per heavy atom. The maximum absolute atomic E-state index is 8.69. The van der Waals surface area contributed by atoms with E-state index in [0.29, 0.717) is 6.26 Å². The van der Waals surface area contributed by atoms with Crippen molar-refractivity contribution in [3.63, 3.8) is 0 Å². The van der Waals surface area contributed by atoms with E-state index in [1.807, 2.05) is 0 Å². The molecule has 1 fully saturated rings. The Morgan fingerprint density at radius 1 is 1.08 bits per heavy atom. The van der Waals surface area contributed by atoms with E-state index in [1.54, 1.807) is 0 Å². The SMILES string of the molecule is C1CCOC1.C=C.C=C[O-].[CH3-].[Li+].[Li+]. The van der Waals surface area contributed by atoms with Gasteiger partial charge in [0, 0.05) is 13.2 Å². The molecule has 0 saturated carbocycles. The van der Waals surface area contributed by atoms with Crippen molar-refractivity contribution in [2.75, 3.05) is 13.2 Å². The summed E-state index contributed by atoms with van der Waals surface area (Å²) in [4.78, 5) is 0. The largest absolute Gasteiger partial charge is 1.00 e. The van der Waals surface area contributed by atoms with Gasteiger partial charge in [0.05, 0.1) is 0 Å². The van der Waals surface area contributed by atoms with E-state index < -0.39 is 0 Å². The van der Waals surface area contributed by atoms with Gasteiger partial charge in [-0.1, -0.05) is 0 Å². The summed E-state index contributed by atoms with van der Waals surface area (Å²) >= 11 is 0. The molecule has 2 nitrogen and oxygen atoms in total. The van der Waals surface area contributed by atoms with Crippen LogP contribution in [0.15, 0.2) is 26.0 Å². The summed E-state index contributed by atoms with van der Waals surface area (Å²) in [7, 11) is 0. The molecule has 0 amide bonds. The van der Waals surface area contributed by atoms with Gasteiger partial charge in [-0.25, -0.2) is 0 Å². The number of rotatable bonds is 0. The minimum absolute atomic E-state index is 0. The van der Waals surface area contributed by atoms with Crippen LogP contribution in [0.4, 0.5) is 0 Å². The van der Waals surface area contributed by atoms with Crippen molar-refractivity contribution < 1.29 is 47.6 Å². The molecule has 0 N–H and O–H groups in total. The van der Waals surface area contributed by atoms with Gasteiger partial charge in [-0.3, -0.25) is 0 Å². The third kappa shape index (κ3) is 45.8. The summed E-state index contributed by atoms with van der Waals surface area (Å²) in [5.41, 5.74) is 0. The topological polar surface area (TPSA) is 32.3 Å². The molecule has 68 valence electrons.